The van der Waals surface area contributed by atoms with Gasteiger partial charge in [0.05, 0.1) is 12.0 Å². The van der Waals surface area contributed by atoms with Crippen molar-refractivity contribution >= 4 is 34.2 Å². The molecular formula is C8H5F2IN2O4. The first-order chi connectivity index (χ1) is 7.90. The number of nitrogens with zero attached hydrogens (tertiary/aromatic N) is 2. The monoisotopic (exact) mass is 358 g/mol. The molecule has 0 aliphatic heterocycles. The Balaban J connectivity index is 3.59. The minimum atomic E-state index is -3.10. The predicted molar refractivity (Wildman–Crippen MR) is 59.9 cm³/mol. The zero-order valence-corrected chi connectivity index (χ0v) is 10.5. The van der Waals surface area contributed by atoms with Crippen molar-refractivity contribution in [3.05, 3.63) is 31.1 Å². The average Bonchev–Trinajstić information content (AvgIpc) is 2.26. The van der Waals surface area contributed by atoms with E-state index in [1.54, 1.807) is 0 Å². The number of carbonyl (C=O) groups is 1. The standard InChI is InChI=1S/C8H5F2IN2O4/c1-17-8(14)3-2-12-7(11)4(6(9)10)5(3)13(15)16/h2,6H,1H3. The molecule has 0 N–H and O–H groups in total. The van der Waals surface area contributed by atoms with E-state index in [2.05, 4.69) is 9.72 Å². The number of ether oxygens (including phenoxy) is 1. The third-order valence-electron chi connectivity index (χ3n) is 1.85. The molecule has 0 saturated carbocycles. The lowest BCUT2D eigenvalue weighted by molar-refractivity contribution is -0.386. The summed E-state index contributed by atoms with van der Waals surface area (Å²) in [6.07, 6.45) is -2.25. The van der Waals surface area contributed by atoms with Crippen LogP contribution in [0, 0.1) is 13.8 Å². The summed E-state index contributed by atoms with van der Waals surface area (Å²) in [5.74, 6) is -1.08. The zero-order valence-electron chi connectivity index (χ0n) is 8.32. The number of rotatable bonds is 3. The normalized spacial score (nSPS) is 10.4. The van der Waals surface area contributed by atoms with Crippen LogP contribution < -0.4 is 0 Å². The number of hydrogen-bond acceptors (Lipinski definition) is 5. The second-order valence-corrected chi connectivity index (χ2v) is 3.80. The highest BCUT2D eigenvalue weighted by Crippen LogP contribution is 2.34. The van der Waals surface area contributed by atoms with Crippen molar-refractivity contribution < 1.29 is 23.2 Å². The van der Waals surface area contributed by atoms with E-state index < -0.39 is 34.1 Å². The largest absolute Gasteiger partial charge is 0.465 e. The van der Waals surface area contributed by atoms with Crippen molar-refractivity contribution in [2.45, 2.75) is 6.43 Å². The van der Waals surface area contributed by atoms with Gasteiger partial charge in [0.25, 0.3) is 12.1 Å². The maximum Gasteiger partial charge on any atom is 0.346 e. The second-order valence-electron chi connectivity index (χ2n) is 2.77. The van der Waals surface area contributed by atoms with E-state index in [4.69, 9.17) is 0 Å². The van der Waals surface area contributed by atoms with Gasteiger partial charge in [-0.25, -0.2) is 18.6 Å². The van der Waals surface area contributed by atoms with Gasteiger partial charge in [-0.1, -0.05) is 0 Å². The summed E-state index contributed by atoms with van der Waals surface area (Å²) in [6.45, 7) is 0. The Kier molecular flexibility index (Phi) is 4.26. The third kappa shape index (κ3) is 2.65. The van der Waals surface area contributed by atoms with E-state index in [9.17, 15) is 23.7 Å². The van der Waals surface area contributed by atoms with Gasteiger partial charge in [-0.2, -0.15) is 0 Å². The van der Waals surface area contributed by atoms with E-state index in [0.717, 1.165) is 13.3 Å². The Labute approximate surface area is 107 Å². The summed E-state index contributed by atoms with van der Waals surface area (Å²) in [5.41, 5.74) is -2.43. The van der Waals surface area contributed by atoms with Gasteiger partial charge >= 0.3 is 5.97 Å². The molecule has 0 fully saturated rings. The highest BCUT2D eigenvalue weighted by atomic mass is 127. The molecule has 0 saturated heterocycles. The molecule has 92 valence electrons. The first-order valence-corrected chi connectivity index (χ1v) is 5.17. The first-order valence-electron chi connectivity index (χ1n) is 4.09. The minimum absolute atomic E-state index is 0.225. The summed E-state index contributed by atoms with van der Waals surface area (Å²) in [6, 6.07) is 0. The summed E-state index contributed by atoms with van der Waals surface area (Å²) < 4.78 is 29.4. The number of aromatic nitrogens is 1. The Bertz CT molecular complexity index is 481. The number of alkyl halides is 2. The predicted octanol–water partition coefficient (Wildman–Crippen LogP) is 2.32. The van der Waals surface area contributed by atoms with Crippen LogP contribution >= 0.6 is 22.6 Å². The molecule has 0 bridgehead atoms. The maximum atomic E-state index is 12.7. The van der Waals surface area contributed by atoms with Crippen molar-refractivity contribution in [1.29, 1.82) is 0 Å². The molecule has 0 radical (unpaired) electrons. The van der Waals surface area contributed by atoms with E-state index in [-0.39, 0.29) is 3.70 Å². The highest BCUT2D eigenvalue weighted by Gasteiger charge is 2.32. The summed E-state index contributed by atoms with van der Waals surface area (Å²) in [7, 11) is 0.992. The number of hydrogen-bond donors (Lipinski definition) is 0. The van der Waals surface area contributed by atoms with Crippen molar-refractivity contribution in [3.63, 3.8) is 0 Å². The van der Waals surface area contributed by atoms with Gasteiger partial charge in [-0.05, 0) is 22.6 Å². The SMILES string of the molecule is COC(=O)c1cnc(I)c(C(F)F)c1[N+](=O)[O-]. The van der Waals surface area contributed by atoms with Crippen LogP contribution in [0.15, 0.2) is 6.20 Å². The van der Waals surface area contributed by atoms with Gasteiger partial charge in [0.15, 0.2) is 5.56 Å². The minimum Gasteiger partial charge on any atom is -0.465 e. The maximum absolute atomic E-state index is 12.7. The summed E-state index contributed by atoms with van der Waals surface area (Å²) in [4.78, 5) is 24.4. The van der Waals surface area contributed by atoms with Gasteiger partial charge < -0.3 is 4.74 Å². The lowest BCUT2D eigenvalue weighted by Gasteiger charge is -2.07. The Morgan fingerprint density at radius 3 is 2.65 bits per heavy atom. The average molecular weight is 358 g/mol. The van der Waals surface area contributed by atoms with Gasteiger partial charge in [-0.3, -0.25) is 10.1 Å². The van der Waals surface area contributed by atoms with Crippen molar-refractivity contribution in [2.24, 2.45) is 0 Å². The summed E-state index contributed by atoms with van der Waals surface area (Å²) in [5, 5.41) is 10.8. The van der Waals surface area contributed by atoms with E-state index in [0.29, 0.717) is 0 Å². The molecule has 0 aliphatic rings. The lowest BCUT2D eigenvalue weighted by Crippen LogP contribution is -2.11. The van der Waals surface area contributed by atoms with Crippen molar-refractivity contribution in [3.8, 4) is 0 Å². The number of nitro groups is 1. The van der Waals surface area contributed by atoms with Crippen LogP contribution in [-0.2, 0) is 4.74 Å². The van der Waals surface area contributed by atoms with Crippen LogP contribution in [0.5, 0.6) is 0 Å². The molecule has 9 heteroatoms. The van der Waals surface area contributed by atoms with Gasteiger partial charge in [0, 0.05) is 6.20 Å². The molecule has 0 aliphatic carbocycles. The van der Waals surface area contributed by atoms with Crippen molar-refractivity contribution in [1.82, 2.24) is 4.98 Å². The topological polar surface area (TPSA) is 82.3 Å². The molecule has 0 atom stereocenters. The fourth-order valence-electron chi connectivity index (χ4n) is 1.14. The van der Waals surface area contributed by atoms with Crippen LogP contribution in [0.1, 0.15) is 22.3 Å². The molecule has 6 nitrogen and oxygen atoms in total. The van der Waals surface area contributed by atoms with Gasteiger partial charge in [0.1, 0.15) is 9.26 Å². The summed E-state index contributed by atoms with van der Waals surface area (Å²) >= 11 is 1.44. The number of halogens is 3. The molecule has 0 unspecified atom stereocenters. The highest BCUT2D eigenvalue weighted by molar-refractivity contribution is 14.1. The van der Waals surface area contributed by atoms with Crippen LogP contribution in [0.25, 0.3) is 0 Å². The molecule has 1 heterocycles. The lowest BCUT2D eigenvalue weighted by atomic mass is 10.1. The number of methoxy groups -OCH3 is 1. The Morgan fingerprint density at radius 1 is 1.65 bits per heavy atom. The molecule has 0 amide bonds. The fraction of sp³-hybridized carbons (Fsp3) is 0.250. The number of esters is 1. The Morgan fingerprint density at radius 2 is 2.24 bits per heavy atom. The van der Waals surface area contributed by atoms with Crippen LogP contribution in [0.4, 0.5) is 14.5 Å². The van der Waals surface area contributed by atoms with Crippen molar-refractivity contribution in [2.75, 3.05) is 7.11 Å². The molecule has 0 spiro atoms. The number of pyridine rings is 1. The van der Waals surface area contributed by atoms with Gasteiger partial charge in [0.2, 0.25) is 0 Å². The number of carbonyl (C=O) groups excluding carboxylic acids is 1. The third-order valence-corrected chi connectivity index (χ3v) is 2.71. The van der Waals surface area contributed by atoms with E-state index >= 15 is 0 Å². The zero-order chi connectivity index (χ0) is 13.2. The fourth-order valence-corrected chi connectivity index (χ4v) is 1.77. The Hall–Kier alpha value is -1.39. The van der Waals surface area contributed by atoms with Crippen LogP contribution in [0.3, 0.4) is 0 Å². The molecule has 1 aromatic heterocycles. The quantitative estimate of drug-likeness (QED) is 0.272. The second kappa shape index (κ2) is 5.29. The van der Waals surface area contributed by atoms with Gasteiger partial charge in [-0.15, -0.1) is 0 Å². The van der Waals surface area contributed by atoms with E-state index in [1.165, 1.54) is 22.6 Å². The molecule has 17 heavy (non-hydrogen) atoms. The molecule has 1 rings (SSSR count). The molecular weight excluding hydrogens is 353 g/mol. The van der Waals surface area contributed by atoms with E-state index in [1.807, 2.05) is 0 Å². The molecule has 1 aromatic rings. The van der Waals surface area contributed by atoms with Crippen LogP contribution in [0.2, 0.25) is 0 Å². The first kappa shape index (κ1) is 13.7. The smallest absolute Gasteiger partial charge is 0.346 e. The van der Waals surface area contributed by atoms with Crippen LogP contribution in [-0.4, -0.2) is 23.0 Å². The molecule has 0 aromatic carbocycles.